The minimum Gasteiger partial charge on any atom is -0.336 e. The molecule has 0 unspecified atom stereocenters. The zero-order valence-electron chi connectivity index (χ0n) is 15.4. The first-order valence-corrected chi connectivity index (χ1v) is 8.75. The number of aryl methyl sites for hydroxylation is 2. The van der Waals surface area contributed by atoms with Gasteiger partial charge in [-0.2, -0.15) is 10.2 Å². The van der Waals surface area contributed by atoms with E-state index in [0.29, 0.717) is 23.7 Å². The highest BCUT2D eigenvalue weighted by atomic mass is 35.5. The zero-order chi connectivity index (χ0) is 18.8. The normalized spacial score (nSPS) is 11.0. The van der Waals surface area contributed by atoms with Crippen LogP contribution in [0.1, 0.15) is 33.0 Å². The third-order valence-electron chi connectivity index (χ3n) is 4.34. The van der Waals surface area contributed by atoms with E-state index in [1.165, 1.54) is 0 Å². The van der Waals surface area contributed by atoms with E-state index in [1.54, 1.807) is 16.6 Å². The second-order valence-corrected chi connectivity index (χ2v) is 6.86. The van der Waals surface area contributed by atoms with Crippen molar-refractivity contribution in [3.8, 4) is 0 Å². The Labute approximate surface area is 158 Å². The number of nitrogens with zero attached hydrogens (tertiary/aromatic N) is 5. The number of amides is 1. The average Bonchev–Trinajstić information content (AvgIpc) is 3.13. The second-order valence-electron chi connectivity index (χ2n) is 6.48. The molecule has 3 aromatic rings. The van der Waals surface area contributed by atoms with Gasteiger partial charge in [0.25, 0.3) is 5.91 Å². The monoisotopic (exact) mass is 371 g/mol. The molecule has 0 bridgehead atoms. The Morgan fingerprint density at radius 3 is 2.38 bits per heavy atom. The molecule has 6 nitrogen and oxygen atoms in total. The molecule has 2 heterocycles. The van der Waals surface area contributed by atoms with Gasteiger partial charge in [0.15, 0.2) is 0 Å². The van der Waals surface area contributed by atoms with Crippen LogP contribution in [0.15, 0.2) is 36.5 Å². The highest BCUT2D eigenvalue weighted by molar-refractivity contribution is 6.31. The van der Waals surface area contributed by atoms with Crippen LogP contribution in [-0.4, -0.2) is 37.4 Å². The first-order chi connectivity index (χ1) is 12.3. The predicted molar refractivity (Wildman–Crippen MR) is 101 cm³/mol. The third kappa shape index (κ3) is 3.80. The second kappa shape index (κ2) is 7.33. The van der Waals surface area contributed by atoms with Gasteiger partial charge in [-0.1, -0.05) is 23.7 Å². The summed E-state index contributed by atoms with van der Waals surface area (Å²) >= 11 is 6.19. The van der Waals surface area contributed by atoms with E-state index in [9.17, 15) is 4.79 Å². The van der Waals surface area contributed by atoms with Gasteiger partial charge in [-0.25, -0.2) is 0 Å². The Balaban J connectivity index is 1.68. The zero-order valence-corrected chi connectivity index (χ0v) is 16.2. The summed E-state index contributed by atoms with van der Waals surface area (Å²) in [5.41, 5.74) is 4.35. The fourth-order valence-corrected chi connectivity index (χ4v) is 2.97. The molecule has 0 atom stereocenters. The third-order valence-corrected chi connectivity index (χ3v) is 4.89. The lowest BCUT2D eigenvalue weighted by Gasteiger charge is -2.16. The van der Waals surface area contributed by atoms with Crippen molar-refractivity contribution in [3.05, 3.63) is 69.8 Å². The van der Waals surface area contributed by atoms with E-state index < -0.39 is 0 Å². The molecule has 0 fully saturated rings. The minimum absolute atomic E-state index is 0.0311. The van der Waals surface area contributed by atoms with Gasteiger partial charge < -0.3 is 4.90 Å². The summed E-state index contributed by atoms with van der Waals surface area (Å²) in [5.74, 6) is -0.0311. The van der Waals surface area contributed by atoms with E-state index in [1.807, 2.05) is 62.1 Å². The highest BCUT2D eigenvalue weighted by Crippen LogP contribution is 2.20. The van der Waals surface area contributed by atoms with Crippen LogP contribution < -0.4 is 0 Å². The minimum atomic E-state index is -0.0311. The summed E-state index contributed by atoms with van der Waals surface area (Å²) < 4.78 is 3.61. The largest absolute Gasteiger partial charge is 0.336 e. The van der Waals surface area contributed by atoms with Gasteiger partial charge in [-0.05, 0) is 37.6 Å². The van der Waals surface area contributed by atoms with Crippen LogP contribution in [0.2, 0.25) is 5.02 Å². The molecule has 26 heavy (non-hydrogen) atoms. The molecule has 0 aliphatic heterocycles. The maximum atomic E-state index is 12.6. The molecule has 0 spiro atoms. The number of benzene rings is 1. The smallest absolute Gasteiger partial charge is 0.253 e. The number of aromatic nitrogens is 4. The molecule has 1 amide bonds. The lowest BCUT2D eigenvalue weighted by atomic mass is 10.1. The lowest BCUT2D eigenvalue weighted by Crippen LogP contribution is -2.26. The van der Waals surface area contributed by atoms with E-state index in [4.69, 9.17) is 11.6 Å². The van der Waals surface area contributed by atoms with Crippen molar-refractivity contribution in [2.45, 2.75) is 26.9 Å². The van der Waals surface area contributed by atoms with Gasteiger partial charge in [0, 0.05) is 25.9 Å². The number of hydrogen-bond donors (Lipinski definition) is 0. The van der Waals surface area contributed by atoms with Crippen LogP contribution in [0.3, 0.4) is 0 Å². The van der Waals surface area contributed by atoms with Crippen LogP contribution in [0.5, 0.6) is 0 Å². The number of carbonyl (C=O) groups is 1. The number of hydrogen-bond acceptors (Lipinski definition) is 3. The van der Waals surface area contributed by atoms with Gasteiger partial charge in [-0.3, -0.25) is 14.2 Å². The molecule has 0 radical (unpaired) electrons. The Morgan fingerprint density at radius 2 is 1.85 bits per heavy atom. The molecule has 136 valence electrons. The van der Waals surface area contributed by atoms with E-state index in [2.05, 4.69) is 10.2 Å². The highest BCUT2D eigenvalue weighted by Gasteiger charge is 2.14. The van der Waals surface area contributed by atoms with Crippen molar-refractivity contribution in [2.75, 3.05) is 7.05 Å². The average molecular weight is 372 g/mol. The fraction of sp³-hybridized carbons (Fsp3) is 0.316. The van der Waals surface area contributed by atoms with Gasteiger partial charge in [0.2, 0.25) is 0 Å². The van der Waals surface area contributed by atoms with E-state index in [0.717, 1.165) is 22.6 Å². The summed E-state index contributed by atoms with van der Waals surface area (Å²) in [4.78, 5) is 14.2. The Kier molecular flexibility index (Phi) is 5.13. The summed E-state index contributed by atoms with van der Waals surface area (Å²) in [6, 6.07) is 9.50. The van der Waals surface area contributed by atoms with Crippen molar-refractivity contribution < 1.29 is 4.79 Å². The Morgan fingerprint density at radius 1 is 1.15 bits per heavy atom. The van der Waals surface area contributed by atoms with Crippen molar-refractivity contribution in [2.24, 2.45) is 7.05 Å². The van der Waals surface area contributed by atoms with Gasteiger partial charge in [0.05, 0.1) is 35.2 Å². The molecule has 0 aliphatic rings. The number of halogens is 1. The van der Waals surface area contributed by atoms with Crippen LogP contribution in [-0.2, 0) is 20.1 Å². The molecular weight excluding hydrogens is 350 g/mol. The molecule has 1 aromatic carbocycles. The van der Waals surface area contributed by atoms with E-state index >= 15 is 0 Å². The standard InChI is InChI=1S/C19H22ClN5O/c1-13-18(20)14(2)25(21-13)11-15-5-7-16(8-6-15)19(26)23(3)12-17-9-10-24(4)22-17/h5-10H,11-12H2,1-4H3. The van der Waals surface area contributed by atoms with Crippen molar-refractivity contribution in [3.63, 3.8) is 0 Å². The summed E-state index contributed by atoms with van der Waals surface area (Å²) in [7, 11) is 3.64. The maximum absolute atomic E-state index is 12.6. The maximum Gasteiger partial charge on any atom is 0.253 e. The molecule has 7 heteroatoms. The van der Waals surface area contributed by atoms with Crippen molar-refractivity contribution in [1.29, 1.82) is 0 Å². The topological polar surface area (TPSA) is 56.0 Å². The van der Waals surface area contributed by atoms with E-state index in [-0.39, 0.29) is 5.91 Å². The van der Waals surface area contributed by atoms with Gasteiger partial charge in [0.1, 0.15) is 0 Å². The molecule has 3 rings (SSSR count). The lowest BCUT2D eigenvalue weighted by molar-refractivity contribution is 0.0783. The first-order valence-electron chi connectivity index (χ1n) is 8.37. The molecule has 2 aromatic heterocycles. The molecule has 0 N–H and O–H groups in total. The quantitative estimate of drug-likeness (QED) is 0.692. The van der Waals surface area contributed by atoms with Crippen LogP contribution in [0, 0.1) is 13.8 Å². The number of carbonyl (C=O) groups excluding carboxylic acids is 1. The van der Waals surface area contributed by atoms with Gasteiger partial charge in [-0.15, -0.1) is 0 Å². The SMILES string of the molecule is Cc1nn(Cc2ccc(C(=O)N(C)Cc3ccn(C)n3)cc2)c(C)c1Cl. The van der Waals surface area contributed by atoms with Crippen LogP contribution in [0.25, 0.3) is 0 Å². The summed E-state index contributed by atoms with van der Waals surface area (Å²) in [6.45, 7) is 4.95. The summed E-state index contributed by atoms with van der Waals surface area (Å²) in [5, 5.41) is 9.45. The molecule has 0 aliphatic carbocycles. The molecular formula is C19H22ClN5O. The van der Waals surface area contributed by atoms with Crippen molar-refractivity contribution >= 4 is 17.5 Å². The van der Waals surface area contributed by atoms with Crippen molar-refractivity contribution in [1.82, 2.24) is 24.5 Å². The number of rotatable bonds is 5. The Hall–Kier alpha value is -2.60. The first kappa shape index (κ1) is 18.2. The molecule has 0 saturated carbocycles. The van der Waals surface area contributed by atoms with Gasteiger partial charge >= 0.3 is 0 Å². The van der Waals surface area contributed by atoms with Crippen LogP contribution in [0.4, 0.5) is 0 Å². The fourth-order valence-electron chi connectivity index (χ4n) is 2.84. The molecule has 0 saturated heterocycles. The Bertz CT molecular complexity index is 926. The predicted octanol–water partition coefficient (Wildman–Crippen LogP) is 3.21. The van der Waals surface area contributed by atoms with Crippen LogP contribution >= 0.6 is 11.6 Å². The summed E-state index contributed by atoms with van der Waals surface area (Å²) in [6.07, 6.45) is 1.87.